The molecular weight excluding hydrogens is 322 g/mol. The first-order valence-electron chi connectivity index (χ1n) is 7.35. The van der Waals surface area contributed by atoms with Crippen LogP contribution < -0.4 is 4.74 Å². The maximum Gasteiger partial charge on any atom is 0.336 e. The molecular formula is C18H13N3O2S. The molecule has 4 aromatic rings. The van der Waals surface area contributed by atoms with Gasteiger partial charge in [-0.3, -0.25) is 4.79 Å². The highest BCUT2D eigenvalue weighted by Crippen LogP contribution is 2.26. The first kappa shape index (κ1) is 14.6. The Morgan fingerprint density at radius 1 is 1.08 bits per heavy atom. The second-order valence-electron chi connectivity index (χ2n) is 5.18. The molecule has 2 heterocycles. The van der Waals surface area contributed by atoms with Crippen molar-refractivity contribution in [3.05, 3.63) is 65.5 Å². The lowest BCUT2D eigenvalue weighted by Crippen LogP contribution is -2.15. The summed E-state index contributed by atoms with van der Waals surface area (Å²) in [5.41, 5.74) is 0.555. The van der Waals surface area contributed by atoms with Crippen molar-refractivity contribution in [2.75, 3.05) is 7.11 Å². The Balaban J connectivity index is 1.82. The molecule has 0 aliphatic rings. The number of carbonyl (C=O) groups excluding carboxylic acids is 1. The van der Waals surface area contributed by atoms with Gasteiger partial charge in [-0.05, 0) is 34.4 Å². The fourth-order valence-electron chi connectivity index (χ4n) is 2.53. The molecule has 0 aliphatic heterocycles. The van der Waals surface area contributed by atoms with Crippen LogP contribution in [0.15, 0.2) is 60.0 Å². The molecule has 2 aromatic carbocycles. The maximum absolute atomic E-state index is 12.9. The Bertz CT molecular complexity index is 1020. The Kier molecular flexibility index (Phi) is 3.59. The zero-order valence-corrected chi connectivity index (χ0v) is 13.7. The summed E-state index contributed by atoms with van der Waals surface area (Å²) in [5, 5.41) is 8.21. The Labute approximate surface area is 142 Å². The van der Waals surface area contributed by atoms with E-state index in [-0.39, 0.29) is 11.9 Å². The topological polar surface area (TPSA) is 57.0 Å². The fourth-order valence-corrected chi connectivity index (χ4v) is 3.23. The average Bonchev–Trinajstić information content (AvgIpc) is 3.29. The summed E-state index contributed by atoms with van der Waals surface area (Å²) in [6.07, 6.45) is 0. The third-order valence-corrected chi connectivity index (χ3v) is 4.57. The number of aromatic nitrogens is 3. The van der Waals surface area contributed by atoms with E-state index in [0.717, 1.165) is 15.6 Å². The molecule has 2 aromatic heterocycles. The van der Waals surface area contributed by atoms with E-state index in [1.54, 1.807) is 6.07 Å². The summed E-state index contributed by atoms with van der Waals surface area (Å²) < 4.78 is 6.40. The van der Waals surface area contributed by atoms with Gasteiger partial charge in [0.1, 0.15) is 0 Å². The van der Waals surface area contributed by atoms with Crippen molar-refractivity contribution >= 4 is 28.0 Å². The number of methoxy groups -OCH3 is 1. The zero-order chi connectivity index (χ0) is 16.5. The minimum Gasteiger partial charge on any atom is -0.466 e. The predicted molar refractivity (Wildman–Crippen MR) is 93.6 cm³/mol. The SMILES string of the molecule is COc1nc(-c2cccs2)n(C(=O)c2ccc3ccccc3c2)n1. The Morgan fingerprint density at radius 3 is 2.67 bits per heavy atom. The standard InChI is InChI=1S/C18H13N3O2S/c1-23-18-19-16(15-7-4-10-24-15)21(20-18)17(22)14-9-8-12-5-2-3-6-13(12)11-14/h2-11H,1H3. The van der Waals surface area contributed by atoms with Crippen molar-refractivity contribution in [3.63, 3.8) is 0 Å². The number of benzene rings is 2. The zero-order valence-electron chi connectivity index (χ0n) is 12.8. The van der Waals surface area contributed by atoms with E-state index in [1.165, 1.54) is 23.1 Å². The minimum absolute atomic E-state index is 0.174. The van der Waals surface area contributed by atoms with Crippen molar-refractivity contribution in [1.82, 2.24) is 14.8 Å². The van der Waals surface area contributed by atoms with E-state index in [2.05, 4.69) is 10.1 Å². The molecule has 0 amide bonds. The van der Waals surface area contributed by atoms with Gasteiger partial charge in [0.15, 0.2) is 5.82 Å². The summed E-state index contributed by atoms with van der Waals surface area (Å²) >= 11 is 1.50. The smallest absolute Gasteiger partial charge is 0.336 e. The molecule has 24 heavy (non-hydrogen) atoms. The quantitative estimate of drug-likeness (QED) is 0.570. The number of carbonyl (C=O) groups is 1. The molecule has 0 radical (unpaired) electrons. The van der Waals surface area contributed by atoms with Gasteiger partial charge in [-0.2, -0.15) is 9.67 Å². The van der Waals surface area contributed by atoms with Gasteiger partial charge in [0.25, 0.3) is 5.91 Å². The molecule has 0 atom stereocenters. The molecule has 0 fully saturated rings. The number of ether oxygens (including phenoxy) is 1. The van der Waals surface area contributed by atoms with Crippen LogP contribution in [0.5, 0.6) is 6.01 Å². The fraction of sp³-hybridized carbons (Fsp3) is 0.0556. The summed E-state index contributed by atoms with van der Waals surface area (Å²) in [6, 6.07) is 17.5. The highest BCUT2D eigenvalue weighted by atomic mass is 32.1. The van der Waals surface area contributed by atoms with Crippen molar-refractivity contribution in [2.45, 2.75) is 0 Å². The van der Waals surface area contributed by atoms with Crippen LogP contribution >= 0.6 is 11.3 Å². The lowest BCUT2D eigenvalue weighted by atomic mass is 10.1. The number of nitrogens with zero attached hydrogens (tertiary/aromatic N) is 3. The second-order valence-corrected chi connectivity index (χ2v) is 6.13. The molecule has 0 aliphatic carbocycles. The molecule has 0 saturated heterocycles. The molecule has 0 spiro atoms. The van der Waals surface area contributed by atoms with Gasteiger partial charge in [-0.25, -0.2) is 0 Å². The second kappa shape index (κ2) is 5.90. The van der Waals surface area contributed by atoms with Crippen LogP contribution in [0.1, 0.15) is 10.4 Å². The van der Waals surface area contributed by atoms with Crippen molar-refractivity contribution in [3.8, 4) is 16.7 Å². The van der Waals surface area contributed by atoms with Crippen LogP contribution in [-0.2, 0) is 0 Å². The molecule has 0 unspecified atom stereocenters. The summed E-state index contributed by atoms with van der Waals surface area (Å²) in [7, 11) is 1.48. The normalized spacial score (nSPS) is 10.9. The summed E-state index contributed by atoms with van der Waals surface area (Å²) in [4.78, 5) is 18.1. The van der Waals surface area contributed by atoms with Crippen LogP contribution in [0, 0.1) is 0 Å². The summed E-state index contributed by atoms with van der Waals surface area (Å²) in [5.74, 6) is 0.250. The minimum atomic E-state index is -0.236. The van der Waals surface area contributed by atoms with Crippen molar-refractivity contribution in [1.29, 1.82) is 0 Å². The van der Waals surface area contributed by atoms with Gasteiger partial charge >= 0.3 is 6.01 Å². The number of fused-ring (bicyclic) bond motifs is 1. The van der Waals surface area contributed by atoms with Gasteiger partial charge < -0.3 is 4.74 Å². The van der Waals surface area contributed by atoms with Gasteiger partial charge in [0.05, 0.1) is 12.0 Å². The highest BCUT2D eigenvalue weighted by molar-refractivity contribution is 7.13. The molecule has 6 heteroatoms. The largest absolute Gasteiger partial charge is 0.466 e. The third-order valence-electron chi connectivity index (χ3n) is 3.70. The average molecular weight is 335 g/mol. The van der Waals surface area contributed by atoms with E-state index in [1.807, 2.05) is 53.9 Å². The van der Waals surface area contributed by atoms with Crippen LogP contribution in [0.2, 0.25) is 0 Å². The number of hydrogen-bond donors (Lipinski definition) is 0. The van der Waals surface area contributed by atoms with Crippen LogP contribution in [0.4, 0.5) is 0 Å². The van der Waals surface area contributed by atoms with E-state index in [0.29, 0.717) is 11.4 Å². The Morgan fingerprint density at radius 2 is 1.92 bits per heavy atom. The van der Waals surface area contributed by atoms with Gasteiger partial charge in [-0.15, -0.1) is 16.4 Å². The summed E-state index contributed by atoms with van der Waals surface area (Å²) in [6.45, 7) is 0. The van der Waals surface area contributed by atoms with Gasteiger partial charge in [-0.1, -0.05) is 36.4 Å². The lowest BCUT2D eigenvalue weighted by Gasteiger charge is -2.05. The molecule has 0 bridgehead atoms. The number of thiophene rings is 1. The third kappa shape index (κ3) is 2.47. The van der Waals surface area contributed by atoms with Crippen LogP contribution in [-0.4, -0.2) is 27.8 Å². The molecule has 118 valence electrons. The van der Waals surface area contributed by atoms with E-state index in [9.17, 15) is 4.79 Å². The van der Waals surface area contributed by atoms with Gasteiger partial charge in [0.2, 0.25) is 0 Å². The highest BCUT2D eigenvalue weighted by Gasteiger charge is 2.20. The molecule has 0 N–H and O–H groups in total. The van der Waals surface area contributed by atoms with Crippen LogP contribution in [0.3, 0.4) is 0 Å². The van der Waals surface area contributed by atoms with Crippen LogP contribution in [0.25, 0.3) is 21.5 Å². The van der Waals surface area contributed by atoms with E-state index < -0.39 is 0 Å². The molecule has 5 nitrogen and oxygen atoms in total. The lowest BCUT2D eigenvalue weighted by molar-refractivity contribution is 0.0945. The number of rotatable bonds is 3. The predicted octanol–water partition coefficient (Wildman–Crippen LogP) is 3.86. The first-order chi connectivity index (χ1) is 11.8. The number of hydrogen-bond acceptors (Lipinski definition) is 5. The van der Waals surface area contributed by atoms with Gasteiger partial charge in [0, 0.05) is 5.56 Å². The molecule has 4 rings (SSSR count). The Hall–Kier alpha value is -2.99. The van der Waals surface area contributed by atoms with Crippen molar-refractivity contribution in [2.24, 2.45) is 0 Å². The maximum atomic E-state index is 12.9. The van der Waals surface area contributed by atoms with E-state index >= 15 is 0 Å². The molecule has 0 saturated carbocycles. The monoisotopic (exact) mass is 335 g/mol. The van der Waals surface area contributed by atoms with Crippen molar-refractivity contribution < 1.29 is 9.53 Å². The van der Waals surface area contributed by atoms with E-state index in [4.69, 9.17) is 4.74 Å². The first-order valence-corrected chi connectivity index (χ1v) is 8.22.